The summed E-state index contributed by atoms with van der Waals surface area (Å²) in [6.07, 6.45) is -6.19. The molecule has 0 spiro atoms. The van der Waals surface area contributed by atoms with Crippen molar-refractivity contribution in [1.29, 1.82) is 0 Å². The van der Waals surface area contributed by atoms with Gasteiger partial charge in [-0.1, -0.05) is 38.0 Å². The minimum absolute atomic E-state index is 0.00720. The number of alkyl halides is 3. The predicted octanol–water partition coefficient (Wildman–Crippen LogP) is 2.79. The van der Waals surface area contributed by atoms with E-state index >= 15 is 0 Å². The third-order valence-electron chi connectivity index (χ3n) is 4.16. The summed E-state index contributed by atoms with van der Waals surface area (Å²) in [5, 5.41) is 8.68. The topological polar surface area (TPSA) is 90.8 Å². The summed E-state index contributed by atoms with van der Waals surface area (Å²) in [6, 6.07) is 2.94. The van der Waals surface area contributed by atoms with E-state index in [9.17, 15) is 18.0 Å². The van der Waals surface area contributed by atoms with Crippen molar-refractivity contribution in [3.63, 3.8) is 0 Å². The number of fused-ring (bicyclic) bond motifs is 1. The van der Waals surface area contributed by atoms with E-state index in [0.717, 1.165) is 6.08 Å². The maximum Gasteiger partial charge on any atom is 0.430 e. The molecule has 0 saturated heterocycles. The molecule has 0 aliphatic carbocycles. The van der Waals surface area contributed by atoms with Gasteiger partial charge in [-0.25, -0.2) is 4.79 Å². The second-order valence-electron chi connectivity index (χ2n) is 7.48. The fourth-order valence-corrected chi connectivity index (χ4v) is 3.20. The van der Waals surface area contributed by atoms with E-state index in [4.69, 9.17) is 31.0 Å². The lowest BCUT2D eigenvalue weighted by Crippen LogP contribution is -2.79. The maximum absolute atomic E-state index is 13.6. The van der Waals surface area contributed by atoms with Crippen molar-refractivity contribution in [2.75, 3.05) is 26.4 Å². The lowest BCUT2D eigenvalue weighted by Gasteiger charge is -2.30. The van der Waals surface area contributed by atoms with E-state index in [0.29, 0.717) is 16.2 Å². The molecule has 1 aliphatic rings. The standard InChI is InChI=1S/C19H24ClF3NO6/c1-18(2,3)13-10-15-11(9-14(13)20)8-12(16(30-15)19(21,22)23)17(25)28-6-4-27-5-7-29-24-26/h8-10,16,26H,4-7,24H2,1-3H3/q+1. The smallest absolute Gasteiger partial charge is 0.430 e. The van der Waals surface area contributed by atoms with E-state index in [1.807, 2.05) is 20.8 Å². The third-order valence-corrected chi connectivity index (χ3v) is 4.47. The minimum Gasteiger partial charge on any atom is -0.475 e. The summed E-state index contributed by atoms with van der Waals surface area (Å²) in [4.78, 5) is 16.8. The SMILES string of the molecule is CC(C)(C)c1cc2c(cc1Cl)C=C(C(=O)OCCOCCO[NH2+]O)C(C(F)(F)F)O2. The molecule has 0 amide bonds. The average molecular weight is 455 g/mol. The Kier molecular flexibility index (Phi) is 8.12. The Hall–Kier alpha value is -1.85. The van der Waals surface area contributed by atoms with Crippen LogP contribution in [0.4, 0.5) is 13.2 Å². The van der Waals surface area contributed by atoms with E-state index in [1.54, 1.807) is 0 Å². The highest BCUT2D eigenvalue weighted by atomic mass is 35.5. The van der Waals surface area contributed by atoms with Crippen LogP contribution >= 0.6 is 11.6 Å². The molecule has 2 rings (SSSR count). The first-order chi connectivity index (χ1) is 13.9. The van der Waals surface area contributed by atoms with Gasteiger partial charge >= 0.3 is 12.1 Å². The maximum atomic E-state index is 13.6. The van der Waals surface area contributed by atoms with Gasteiger partial charge in [-0.2, -0.15) is 23.2 Å². The Morgan fingerprint density at radius 1 is 1.20 bits per heavy atom. The molecule has 1 aromatic carbocycles. The summed E-state index contributed by atoms with van der Waals surface area (Å²) in [5.41, 5.74) is 0.307. The van der Waals surface area contributed by atoms with Gasteiger partial charge in [0.15, 0.2) is 0 Å². The van der Waals surface area contributed by atoms with Crippen LogP contribution in [0.25, 0.3) is 6.08 Å². The zero-order chi connectivity index (χ0) is 22.5. The number of carbonyl (C=O) groups is 1. The van der Waals surface area contributed by atoms with Crippen molar-refractivity contribution < 1.29 is 47.9 Å². The fraction of sp³-hybridized carbons (Fsp3) is 0.526. The summed E-state index contributed by atoms with van der Waals surface area (Å²) in [6.45, 7) is 5.49. The summed E-state index contributed by atoms with van der Waals surface area (Å²) in [7, 11) is 0. The number of benzene rings is 1. The molecule has 168 valence electrons. The summed E-state index contributed by atoms with van der Waals surface area (Å²) in [5.74, 6) is -1.17. The molecule has 7 nitrogen and oxygen atoms in total. The molecule has 1 atom stereocenters. The van der Waals surface area contributed by atoms with Crippen LogP contribution in [0.1, 0.15) is 31.9 Å². The zero-order valence-corrected chi connectivity index (χ0v) is 17.5. The van der Waals surface area contributed by atoms with Gasteiger partial charge in [0.25, 0.3) is 0 Å². The molecule has 1 aromatic rings. The van der Waals surface area contributed by atoms with E-state index in [1.165, 1.54) is 12.1 Å². The number of halogens is 4. The molecule has 1 aliphatic heterocycles. The first-order valence-corrected chi connectivity index (χ1v) is 9.44. The largest absolute Gasteiger partial charge is 0.475 e. The van der Waals surface area contributed by atoms with Crippen LogP contribution in [0.2, 0.25) is 5.02 Å². The number of hydrogen-bond acceptors (Lipinski definition) is 6. The number of esters is 1. The molecular weight excluding hydrogens is 431 g/mol. The van der Waals surface area contributed by atoms with Crippen molar-refractivity contribution in [2.24, 2.45) is 0 Å². The Labute approximate surface area is 176 Å². The first kappa shape index (κ1) is 24.4. The molecule has 0 bridgehead atoms. The number of hydrogen-bond donors (Lipinski definition) is 2. The van der Waals surface area contributed by atoms with Crippen molar-refractivity contribution in [3.8, 4) is 5.75 Å². The molecule has 0 fully saturated rings. The summed E-state index contributed by atoms with van der Waals surface area (Å²) >= 11 is 6.29. The number of carbonyl (C=O) groups excluding carboxylic acids is 1. The molecule has 3 N–H and O–H groups in total. The quantitative estimate of drug-likeness (QED) is 0.356. The average Bonchev–Trinajstić information content (AvgIpc) is 2.64. The van der Waals surface area contributed by atoms with Gasteiger partial charge < -0.3 is 14.2 Å². The number of nitrogens with two attached hydrogens (primary N) is 1. The van der Waals surface area contributed by atoms with Crippen LogP contribution < -0.4 is 10.4 Å². The van der Waals surface area contributed by atoms with Gasteiger partial charge in [-0.05, 0) is 29.2 Å². The number of ether oxygens (including phenoxy) is 3. The Bertz CT molecular complexity index is 792. The van der Waals surface area contributed by atoms with Gasteiger partial charge in [0.1, 0.15) is 19.0 Å². The highest BCUT2D eigenvalue weighted by Crippen LogP contribution is 2.42. The van der Waals surface area contributed by atoms with Crippen molar-refractivity contribution >= 4 is 23.6 Å². The minimum atomic E-state index is -4.82. The van der Waals surface area contributed by atoms with Crippen LogP contribution in [0.3, 0.4) is 0 Å². The molecule has 0 radical (unpaired) electrons. The highest BCUT2D eigenvalue weighted by Gasteiger charge is 2.49. The van der Waals surface area contributed by atoms with Crippen molar-refractivity contribution in [1.82, 2.24) is 0 Å². The fourth-order valence-electron chi connectivity index (χ4n) is 2.74. The molecule has 0 aromatic heterocycles. The highest BCUT2D eigenvalue weighted by molar-refractivity contribution is 6.31. The number of quaternary nitrogens is 1. The van der Waals surface area contributed by atoms with Crippen LogP contribution in [0, 0.1) is 0 Å². The van der Waals surface area contributed by atoms with Gasteiger partial charge in [-0.15, -0.1) is 0 Å². The predicted molar refractivity (Wildman–Crippen MR) is 100 cm³/mol. The molecule has 11 heteroatoms. The molecule has 30 heavy (non-hydrogen) atoms. The van der Waals surface area contributed by atoms with Gasteiger partial charge in [0.05, 0.1) is 18.8 Å². The molecular formula is C19H24ClF3NO6+. The Morgan fingerprint density at radius 2 is 1.87 bits per heavy atom. The Balaban J connectivity index is 2.18. The van der Waals surface area contributed by atoms with Crippen LogP contribution in [-0.2, 0) is 24.5 Å². The van der Waals surface area contributed by atoms with Crippen LogP contribution in [0.15, 0.2) is 17.7 Å². The zero-order valence-electron chi connectivity index (χ0n) is 16.7. The first-order valence-electron chi connectivity index (χ1n) is 9.06. The number of rotatable bonds is 8. The van der Waals surface area contributed by atoms with Crippen LogP contribution in [-0.4, -0.2) is 49.9 Å². The molecule has 1 unspecified atom stereocenters. The van der Waals surface area contributed by atoms with E-state index < -0.39 is 29.2 Å². The van der Waals surface area contributed by atoms with Gasteiger partial charge in [0, 0.05) is 10.6 Å². The van der Waals surface area contributed by atoms with Crippen molar-refractivity contribution in [2.45, 2.75) is 38.5 Å². The van der Waals surface area contributed by atoms with Crippen LogP contribution in [0.5, 0.6) is 5.75 Å². The second-order valence-corrected chi connectivity index (χ2v) is 7.89. The van der Waals surface area contributed by atoms with Gasteiger partial charge in [-0.3, -0.25) is 0 Å². The molecule has 1 heterocycles. The van der Waals surface area contributed by atoms with E-state index in [-0.39, 0.29) is 37.7 Å². The Morgan fingerprint density at radius 3 is 2.47 bits per heavy atom. The lowest BCUT2D eigenvalue weighted by molar-refractivity contribution is -1.06. The lowest BCUT2D eigenvalue weighted by atomic mass is 9.85. The van der Waals surface area contributed by atoms with Crippen molar-refractivity contribution in [3.05, 3.63) is 33.9 Å². The van der Waals surface area contributed by atoms with E-state index in [2.05, 4.69) is 4.84 Å². The summed E-state index contributed by atoms with van der Waals surface area (Å²) < 4.78 is 55.8. The van der Waals surface area contributed by atoms with Gasteiger partial charge in [0.2, 0.25) is 6.10 Å². The second kappa shape index (κ2) is 9.97. The third kappa shape index (κ3) is 6.32. The normalized spacial score (nSPS) is 16.5. The monoisotopic (exact) mass is 454 g/mol. The molecule has 0 saturated carbocycles.